The van der Waals surface area contributed by atoms with Gasteiger partial charge in [-0.05, 0) is 238 Å². The SMILES string of the molecule is Cc1cc(C)c(-c2ccc(N3B4c5ccc(-c6c(C)cc(C)cc6C)cc5N(c5cccc(-c6c(C)cc(C)cc6C)c5)c5cc6ccoc6c(c54)-c4cc(-c5c(C)cc(C)cc5C)ccc43)cc2)c(C)c1. The molecule has 3 heterocycles. The molecular formula is C68H61BN2O. The molecule has 0 saturated carbocycles. The second kappa shape index (κ2) is 16.9. The van der Waals surface area contributed by atoms with Crippen LogP contribution in [0.1, 0.15) is 66.8 Å². The number of rotatable bonds is 6. The van der Waals surface area contributed by atoms with Crippen LogP contribution in [-0.2, 0) is 0 Å². The molecule has 0 fully saturated rings. The normalized spacial score (nSPS) is 12.6. The Morgan fingerprint density at radius 2 is 0.833 bits per heavy atom. The highest BCUT2D eigenvalue weighted by atomic mass is 16.3. The van der Waals surface area contributed by atoms with E-state index in [4.69, 9.17) is 4.42 Å². The van der Waals surface area contributed by atoms with Gasteiger partial charge >= 0.3 is 6.85 Å². The van der Waals surface area contributed by atoms with E-state index in [2.05, 4.69) is 238 Å². The first-order valence-corrected chi connectivity index (χ1v) is 25.6. The summed E-state index contributed by atoms with van der Waals surface area (Å²) in [5.74, 6) is 0. The van der Waals surface area contributed by atoms with Gasteiger partial charge in [0.25, 0.3) is 0 Å². The van der Waals surface area contributed by atoms with Crippen molar-refractivity contribution < 1.29 is 4.42 Å². The molecule has 12 rings (SSSR count). The topological polar surface area (TPSA) is 19.6 Å². The van der Waals surface area contributed by atoms with Crippen molar-refractivity contribution in [2.45, 2.75) is 83.1 Å². The molecule has 0 saturated heterocycles. The fourth-order valence-corrected chi connectivity index (χ4v) is 13.5. The van der Waals surface area contributed by atoms with Gasteiger partial charge in [0.05, 0.1) is 6.26 Å². The third kappa shape index (κ3) is 7.17. The Labute approximate surface area is 426 Å². The van der Waals surface area contributed by atoms with E-state index in [9.17, 15) is 0 Å². The maximum absolute atomic E-state index is 6.71. The highest BCUT2D eigenvalue weighted by Gasteiger charge is 2.46. The van der Waals surface area contributed by atoms with Crippen molar-refractivity contribution in [1.29, 1.82) is 0 Å². The third-order valence-electron chi connectivity index (χ3n) is 15.7. The van der Waals surface area contributed by atoms with E-state index in [1.807, 2.05) is 6.26 Å². The summed E-state index contributed by atoms with van der Waals surface area (Å²) in [5.41, 5.74) is 36.9. The van der Waals surface area contributed by atoms with E-state index in [1.165, 1.54) is 133 Å². The summed E-state index contributed by atoms with van der Waals surface area (Å²) in [5, 5.41) is 1.08. The lowest BCUT2D eigenvalue weighted by Gasteiger charge is -2.46. The molecule has 0 amide bonds. The van der Waals surface area contributed by atoms with Crippen LogP contribution in [0.2, 0.25) is 0 Å². The standard InChI is InChI=1S/C68H61BN2O/c1-38-26-42(5)62(43(6)27-38)50-16-20-55(21-17-50)71-59-23-19-52(64-46(9)30-40(3)31-47(64)10)35-57(59)66-67-61(37-54-24-25-72-68(54)66)70(56-15-13-14-51(34-56)63-44(7)28-39(2)29-45(63)8)60-36-53(18-22-58(60)69(67)71)65-48(11)32-41(4)33-49(65)12/h13-37H,1-12H3. The Balaban J connectivity index is 1.17. The first-order chi connectivity index (χ1) is 34.6. The number of nitrogens with zero attached hydrogens (tertiary/aromatic N) is 2. The first-order valence-electron chi connectivity index (χ1n) is 25.6. The van der Waals surface area contributed by atoms with Crippen LogP contribution in [0.3, 0.4) is 0 Å². The molecule has 0 aliphatic carbocycles. The monoisotopic (exact) mass is 932 g/mol. The van der Waals surface area contributed by atoms with Crippen molar-refractivity contribution in [2.75, 3.05) is 9.71 Å². The Bertz CT molecular complexity index is 3810. The fraction of sp³-hybridized carbons (Fsp3) is 0.176. The molecular weight excluding hydrogens is 872 g/mol. The molecule has 72 heavy (non-hydrogen) atoms. The molecule has 0 atom stereocenters. The van der Waals surface area contributed by atoms with Crippen LogP contribution in [0, 0.1) is 83.1 Å². The van der Waals surface area contributed by atoms with Gasteiger partial charge in [0, 0.05) is 45.0 Å². The molecule has 352 valence electrons. The average Bonchev–Trinajstić information content (AvgIpc) is 3.79. The van der Waals surface area contributed by atoms with E-state index >= 15 is 0 Å². The Hall–Kier alpha value is -7.82. The number of furan rings is 1. The number of benzene rings is 9. The van der Waals surface area contributed by atoms with Crippen molar-refractivity contribution in [3.8, 4) is 55.6 Å². The lowest BCUT2D eigenvalue weighted by atomic mass is 9.43. The molecule has 0 unspecified atom stereocenters. The van der Waals surface area contributed by atoms with Crippen molar-refractivity contribution in [3.63, 3.8) is 0 Å². The maximum Gasteiger partial charge on any atom is 0.333 e. The minimum absolute atomic E-state index is 0.190. The zero-order valence-corrected chi connectivity index (χ0v) is 43.8. The van der Waals surface area contributed by atoms with E-state index in [-0.39, 0.29) is 6.85 Å². The smallest absolute Gasteiger partial charge is 0.333 e. The van der Waals surface area contributed by atoms with E-state index in [0.717, 1.165) is 39.3 Å². The summed E-state index contributed by atoms with van der Waals surface area (Å²) in [6, 6.07) is 56.1. The van der Waals surface area contributed by atoms with Crippen molar-refractivity contribution in [1.82, 2.24) is 0 Å². The minimum Gasteiger partial charge on any atom is -0.464 e. The maximum atomic E-state index is 6.71. The van der Waals surface area contributed by atoms with Gasteiger partial charge in [0.1, 0.15) is 5.58 Å². The summed E-state index contributed by atoms with van der Waals surface area (Å²) in [7, 11) is 0. The number of anilines is 5. The summed E-state index contributed by atoms with van der Waals surface area (Å²) in [4.78, 5) is 5.19. The van der Waals surface area contributed by atoms with Crippen LogP contribution >= 0.6 is 0 Å². The van der Waals surface area contributed by atoms with Gasteiger partial charge in [-0.3, -0.25) is 0 Å². The predicted molar refractivity (Wildman–Crippen MR) is 309 cm³/mol. The van der Waals surface area contributed by atoms with Crippen molar-refractivity contribution in [2.24, 2.45) is 0 Å². The Morgan fingerprint density at radius 3 is 1.38 bits per heavy atom. The van der Waals surface area contributed by atoms with Crippen molar-refractivity contribution in [3.05, 3.63) is 219 Å². The van der Waals surface area contributed by atoms with E-state index < -0.39 is 0 Å². The van der Waals surface area contributed by atoms with E-state index in [1.54, 1.807) is 0 Å². The highest BCUT2D eigenvalue weighted by molar-refractivity contribution is 6.94. The molecule has 1 aromatic heterocycles. The van der Waals surface area contributed by atoms with Crippen LogP contribution in [0.25, 0.3) is 66.6 Å². The Morgan fingerprint density at radius 1 is 0.361 bits per heavy atom. The highest BCUT2D eigenvalue weighted by Crippen LogP contribution is 2.51. The third-order valence-corrected chi connectivity index (χ3v) is 15.7. The van der Waals surface area contributed by atoms with Crippen LogP contribution in [0.5, 0.6) is 0 Å². The molecule has 2 aliphatic heterocycles. The van der Waals surface area contributed by atoms with Gasteiger partial charge in [0.15, 0.2) is 0 Å². The summed E-state index contributed by atoms with van der Waals surface area (Å²) in [6.07, 6.45) is 1.88. The minimum atomic E-state index is -0.190. The van der Waals surface area contributed by atoms with Crippen LogP contribution < -0.4 is 20.6 Å². The largest absolute Gasteiger partial charge is 0.464 e. The quantitative estimate of drug-likeness (QED) is 0.155. The lowest BCUT2D eigenvalue weighted by molar-refractivity contribution is 0.617. The van der Waals surface area contributed by atoms with Gasteiger partial charge < -0.3 is 14.1 Å². The van der Waals surface area contributed by atoms with Gasteiger partial charge in [-0.15, -0.1) is 0 Å². The van der Waals surface area contributed by atoms with Gasteiger partial charge in [-0.2, -0.15) is 0 Å². The summed E-state index contributed by atoms with van der Waals surface area (Å²) in [6.45, 7) is 26.6. The van der Waals surface area contributed by atoms with E-state index in [0.29, 0.717) is 0 Å². The molecule has 4 heteroatoms. The number of hydrogen-bond donors (Lipinski definition) is 0. The summed E-state index contributed by atoms with van der Waals surface area (Å²) < 4.78 is 6.71. The van der Waals surface area contributed by atoms with Crippen LogP contribution in [-0.4, -0.2) is 6.85 Å². The lowest BCUT2D eigenvalue weighted by Crippen LogP contribution is -2.61. The Kier molecular flexibility index (Phi) is 10.7. The first kappa shape index (κ1) is 45.3. The predicted octanol–water partition coefficient (Wildman–Crippen LogP) is 17.5. The molecule has 10 aromatic rings. The number of hydrogen-bond acceptors (Lipinski definition) is 3. The molecule has 2 aliphatic rings. The van der Waals surface area contributed by atoms with Crippen LogP contribution in [0.4, 0.5) is 28.4 Å². The zero-order valence-electron chi connectivity index (χ0n) is 43.8. The van der Waals surface area contributed by atoms with Crippen molar-refractivity contribution >= 4 is 57.2 Å². The second-order valence-corrected chi connectivity index (χ2v) is 21.3. The average molecular weight is 933 g/mol. The molecule has 3 nitrogen and oxygen atoms in total. The van der Waals surface area contributed by atoms with Gasteiger partial charge in [0.2, 0.25) is 0 Å². The molecule has 0 radical (unpaired) electrons. The molecule has 0 N–H and O–H groups in total. The zero-order chi connectivity index (χ0) is 50.0. The summed E-state index contributed by atoms with van der Waals surface area (Å²) >= 11 is 0. The van der Waals surface area contributed by atoms with Gasteiger partial charge in [-0.1, -0.05) is 113 Å². The molecule has 9 aromatic carbocycles. The number of aryl methyl sites for hydroxylation is 12. The van der Waals surface area contributed by atoms with Crippen LogP contribution in [0.15, 0.2) is 156 Å². The second-order valence-electron chi connectivity index (χ2n) is 21.3. The number of fused-ring (bicyclic) bond motifs is 6. The van der Waals surface area contributed by atoms with Gasteiger partial charge in [-0.25, -0.2) is 0 Å². The molecule has 0 spiro atoms. The fourth-order valence-electron chi connectivity index (χ4n) is 13.5. The molecule has 0 bridgehead atoms.